The maximum absolute atomic E-state index is 12.6. The number of para-hydroxylation sites is 1. The van der Waals surface area contributed by atoms with Gasteiger partial charge in [0.05, 0.1) is 24.2 Å². The number of amides is 1. The average Bonchev–Trinajstić information content (AvgIpc) is 3.35. The van der Waals surface area contributed by atoms with Gasteiger partial charge in [-0.1, -0.05) is 18.2 Å². The zero-order valence-corrected chi connectivity index (χ0v) is 16.1. The van der Waals surface area contributed by atoms with Gasteiger partial charge in [-0.3, -0.25) is 10.1 Å². The van der Waals surface area contributed by atoms with Crippen LogP contribution in [0.3, 0.4) is 0 Å². The third kappa shape index (κ3) is 3.63. The van der Waals surface area contributed by atoms with E-state index < -0.39 is 0 Å². The number of carbonyl (C=O) groups excluding carboxylic acids is 1. The largest absolute Gasteiger partial charge is 0.497 e. The van der Waals surface area contributed by atoms with Gasteiger partial charge in [0.15, 0.2) is 10.8 Å². The molecule has 7 nitrogen and oxygen atoms in total. The van der Waals surface area contributed by atoms with Crippen LogP contribution in [0.5, 0.6) is 5.75 Å². The summed E-state index contributed by atoms with van der Waals surface area (Å²) in [7, 11) is 1.63. The van der Waals surface area contributed by atoms with Gasteiger partial charge in [-0.05, 0) is 43.3 Å². The number of carbonyl (C=O) groups is 1. The van der Waals surface area contributed by atoms with E-state index >= 15 is 0 Å². The standard InChI is InChI=1S/C20H17N5O2S/c1-13-18(24-25(23-13)15-6-4-3-5-7-15)19(26)22-20-21-17(12-28-20)14-8-10-16(27-2)11-9-14/h3-12H,1-2H3,(H,21,22,26). The van der Waals surface area contributed by atoms with Crippen molar-refractivity contribution in [1.29, 1.82) is 0 Å². The lowest BCUT2D eigenvalue weighted by Gasteiger charge is -2.01. The van der Waals surface area contributed by atoms with Crippen LogP contribution in [0.25, 0.3) is 16.9 Å². The Morgan fingerprint density at radius 1 is 1.07 bits per heavy atom. The van der Waals surface area contributed by atoms with Crippen molar-refractivity contribution in [2.24, 2.45) is 0 Å². The highest BCUT2D eigenvalue weighted by Gasteiger charge is 2.18. The molecule has 0 unspecified atom stereocenters. The number of aryl methyl sites for hydroxylation is 1. The molecule has 0 bridgehead atoms. The van der Waals surface area contributed by atoms with Crippen molar-refractivity contribution in [2.75, 3.05) is 12.4 Å². The summed E-state index contributed by atoms with van der Waals surface area (Å²) in [6.07, 6.45) is 0. The highest BCUT2D eigenvalue weighted by atomic mass is 32.1. The van der Waals surface area contributed by atoms with Crippen LogP contribution in [-0.2, 0) is 0 Å². The van der Waals surface area contributed by atoms with E-state index in [0.717, 1.165) is 22.7 Å². The van der Waals surface area contributed by atoms with Crippen molar-refractivity contribution in [3.05, 3.63) is 71.4 Å². The van der Waals surface area contributed by atoms with Crippen LogP contribution in [0.2, 0.25) is 0 Å². The predicted molar refractivity (Wildman–Crippen MR) is 108 cm³/mol. The topological polar surface area (TPSA) is 81.9 Å². The van der Waals surface area contributed by atoms with E-state index in [1.54, 1.807) is 14.0 Å². The van der Waals surface area contributed by atoms with E-state index in [2.05, 4.69) is 20.5 Å². The Balaban J connectivity index is 1.51. The van der Waals surface area contributed by atoms with Crippen molar-refractivity contribution < 1.29 is 9.53 Å². The molecule has 2 heterocycles. The molecule has 0 saturated carbocycles. The molecule has 0 radical (unpaired) electrons. The van der Waals surface area contributed by atoms with Gasteiger partial charge in [0.1, 0.15) is 5.75 Å². The lowest BCUT2D eigenvalue weighted by atomic mass is 10.2. The molecule has 2 aromatic heterocycles. The Morgan fingerprint density at radius 2 is 1.82 bits per heavy atom. The minimum absolute atomic E-state index is 0.269. The second-order valence-electron chi connectivity index (χ2n) is 5.98. The first-order valence-electron chi connectivity index (χ1n) is 8.55. The molecular weight excluding hydrogens is 374 g/mol. The third-order valence-electron chi connectivity index (χ3n) is 4.09. The fraction of sp³-hybridized carbons (Fsp3) is 0.100. The molecule has 0 atom stereocenters. The predicted octanol–water partition coefficient (Wildman–Crippen LogP) is 3.96. The molecule has 0 spiro atoms. The molecule has 1 N–H and O–H groups in total. The van der Waals surface area contributed by atoms with Crippen molar-refractivity contribution in [1.82, 2.24) is 20.0 Å². The normalized spacial score (nSPS) is 10.6. The maximum atomic E-state index is 12.6. The summed E-state index contributed by atoms with van der Waals surface area (Å²) in [6, 6.07) is 17.1. The zero-order chi connectivity index (χ0) is 19.5. The summed E-state index contributed by atoms with van der Waals surface area (Å²) in [5, 5.41) is 13.8. The molecular formula is C20H17N5O2S. The molecule has 4 aromatic rings. The van der Waals surface area contributed by atoms with E-state index in [1.165, 1.54) is 16.1 Å². The quantitative estimate of drug-likeness (QED) is 0.557. The van der Waals surface area contributed by atoms with Crippen LogP contribution in [0.4, 0.5) is 5.13 Å². The molecule has 0 aliphatic heterocycles. The molecule has 0 aliphatic carbocycles. The molecule has 0 saturated heterocycles. The van der Waals surface area contributed by atoms with Crippen LogP contribution in [0.15, 0.2) is 60.0 Å². The Labute approximate surface area is 165 Å². The molecule has 4 rings (SSSR count). The first kappa shape index (κ1) is 17.9. The van der Waals surface area contributed by atoms with Gasteiger partial charge in [0.2, 0.25) is 0 Å². The molecule has 8 heteroatoms. The highest BCUT2D eigenvalue weighted by Crippen LogP contribution is 2.26. The zero-order valence-electron chi connectivity index (χ0n) is 15.3. The van der Waals surface area contributed by atoms with E-state index in [1.807, 2.05) is 60.0 Å². The summed E-state index contributed by atoms with van der Waals surface area (Å²) < 4.78 is 5.17. The summed E-state index contributed by atoms with van der Waals surface area (Å²) in [5.41, 5.74) is 3.34. The van der Waals surface area contributed by atoms with Crippen LogP contribution < -0.4 is 10.1 Å². The SMILES string of the molecule is COc1ccc(-c2csc(NC(=O)c3nn(-c4ccccc4)nc3C)n2)cc1. The number of anilines is 1. The van der Waals surface area contributed by atoms with E-state index in [9.17, 15) is 4.79 Å². The van der Waals surface area contributed by atoms with E-state index in [0.29, 0.717) is 10.8 Å². The van der Waals surface area contributed by atoms with Gasteiger partial charge >= 0.3 is 0 Å². The molecule has 28 heavy (non-hydrogen) atoms. The van der Waals surface area contributed by atoms with Crippen LogP contribution >= 0.6 is 11.3 Å². The number of hydrogen-bond acceptors (Lipinski definition) is 6. The number of rotatable bonds is 5. The first-order chi connectivity index (χ1) is 13.6. The van der Waals surface area contributed by atoms with Gasteiger partial charge in [0, 0.05) is 10.9 Å². The lowest BCUT2D eigenvalue weighted by Crippen LogP contribution is -2.14. The number of ether oxygens (including phenoxy) is 1. The van der Waals surface area contributed by atoms with Crippen molar-refractivity contribution >= 4 is 22.4 Å². The van der Waals surface area contributed by atoms with Gasteiger partial charge in [-0.2, -0.15) is 9.90 Å². The minimum Gasteiger partial charge on any atom is -0.497 e. The minimum atomic E-state index is -0.338. The van der Waals surface area contributed by atoms with Gasteiger partial charge in [-0.15, -0.1) is 16.4 Å². The number of nitrogens with one attached hydrogen (secondary N) is 1. The van der Waals surface area contributed by atoms with Crippen LogP contribution in [0, 0.1) is 6.92 Å². The van der Waals surface area contributed by atoms with Gasteiger partial charge < -0.3 is 4.74 Å². The maximum Gasteiger partial charge on any atom is 0.279 e. The Bertz CT molecular complexity index is 1100. The van der Waals surface area contributed by atoms with E-state index in [4.69, 9.17) is 4.74 Å². The summed E-state index contributed by atoms with van der Waals surface area (Å²) in [5.74, 6) is 0.444. The summed E-state index contributed by atoms with van der Waals surface area (Å²) in [4.78, 5) is 18.6. The van der Waals surface area contributed by atoms with Crippen LogP contribution in [0.1, 0.15) is 16.2 Å². The summed E-state index contributed by atoms with van der Waals surface area (Å²) >= 11 is 1.36. The fourth-order valence-corrected chi connectivity index (χ4v) is 3.36. The lowest BCUT2D eigenvalue weighted by molar-refractivity contribution is 0.102. The summed E-state index contributed by atoms with van der Waals surface area (Å²) in [6.45, 7) is 1.76. The van der Waals surface area contributed by atoms with Gasteiger partial charge in [-0.25, -0.2) is 4.98 Å². The number of nitrogens with zero attached hydrogens (tertiary/aromatic N) is 4. The third-order valence-corrected chi connectivity index (χ3v) is 4.85. The van der Waals surface area contributed by atoms with Gasteiger partial charge in [0.25, 0.3) is 5.91 Å². The van der Waals surface area contributed by atoms with Crippen molar-refractivity contribution in [3.8, 4) is 22.7 Å². The molecule has 2 aromatic carbocycles. The number of hydrogen-bond donors (Lipinski definition) is 1. The first-order valence-corrected chi connectivity index (χ1v) is 9.42. The number of methoxy groups -OCH3 is 1. The highest BCUT2D eigenvalue weighted by molar-refractivity contribution is 7.14. The molecule has 0 fully saturated rings. The molecule has 140 valence electrons. The molecule has 0 aliphatic rings. The van der Waals surface area contributed by atoms with Crippen molar-refractivity contribution in [3.63, 3.8) is 0 Å². The second kappa shape index (κ2) is 7.61. The average molecular weight is 391 g/mol. The smallest absolute Gasteiger partial charge is 0.279 e. The fourth-order valence-electron chi connectivity index (χ4n) is 2.65. The molecule has 1 amide bonds. The van der Waals surface area contributed by atoms with Crippen molar-refractivity contribution in [2.45, 2.75) is 6.92 Å². The Kier molecular flexibility index (Phi) is 4.86. The monoisotopic (exact) mass is 391 g/mol. The number of thiazole rings is 1. The Morgan fingerprint density at radius 3 is 2.54 bits per heavy atom. The number of aromatic nitrogens is 4. The Hall–Kier alpha value is -3.52. The second-order valence-corrected chi connectivity index (χ2v) is 6.84. The van der Waals surface area contributed by atoms with Crippen LogP contribution in [-0.4, -0.2) is 33.0 Å². The van der Waals surface area contributed by atoms with E-state index in [-0.39, 0.29) is 11.6 Å². The number of benzene rings is 2.